The predicted molar refractivity (Wildman–Crippen MR) is 52.7 cm³/mol. The number of ether oxygens (including phenoxy) is 1. The van der Waals surface area contributed by atoms with E-state index in [2.05, 4.69) is 11.2 Å². The summed E-state index contributed by atoms with van der Waals surface area (Å²) in [5.74, 6) is 1.31. The van der Waals surface area contributed by atoms with Gasteiger partial charge in [-0.3, -0.25) is 4.90 Å². The molecule has 0 aromatic rings. The first-order valence-electron chi connectivity index (χ1n) is 4.69. The molecule has 2 nitrogen and oxygen atoms in total. The third-order valence-electron chi connectivity index (χ3n) is 2.92. The Hall–Kier alpha value is 0.270. The summed E-state index contributed by atoms with van der Waals surface area (Å²) >= 11 is 1.98. The highest BCUT2D eigenvalue weighted by Crippen LogP contribution is 2.43. The van der Waals surface area contributed by atoms with Gasteiger partial charge in [0.15, 0.2) is 0 Å². The van der Waals surface area contributed by atoms with E-state index >= 15 is 0 Å². The van der Waals surface area contributed by atoms with Gasteiger partial charge in [-0.05, 0) is 19.1 Å². The summed E-state index contributed by atoms with van der Waals surface area (Å²) in [5, 5.41) is 0. The molecule has 0 radical (unpaired) electrons. The van der Waals surface area contributed by atoms with Crippen molar-refractivity contribution >= 4 is 11.8 Å². The molecule has 2 rings (SSSR count). The second kappa shape index (κ2) is 3.56. The van der Waals surface area contributed by atoms with Gasteiger partial charge in [-0.25, -0.2) is 0 Å². The molecule has 0 unspecified atom stereocenters. The summed E-state index contributed by atoms with van der Waals surface area (Å²) < 4.78 is 5.35. The number of nitrogens with zero attached hydrogens (tertiary/aromatic N) is 1. The lowest BCUT2D eigenvalue weighted by atomic mass is 10.2. The number of hydrogen-bond acceptors (Lipinski definition) is 3. The monoisotopic (exact) mass is 187 g/mol. The molecule has 70 valence electrons. The van der Waals surface area contributed by atoms with Crippen LogP contribution in [0.25, 0.3) is 0 Å². The second-order valence-electron chi connectivity index (χ2n) is 3.76. The van der Waals surface area contributed by atoms with Gasteiger partial charge >= 0.3 is 0 Å². The van der Waals surface area contributed by atoms with E-state index < -0.39 is 0 Å². The Morgan fingerprint density at radius 1 is 1.33 bits per heavy atom. The summed E-state index contributed by atoms with van der Waals surface area (Å²) in [5.41, 5.74) is 0.587. The fraction of sp³-hybridized carbons (Fsp3) is 1.00. The molecular formula is C9H17NOS. The van der Waals surface area contributed by atoms with Gasteiger partial charge in [0.05, 0.1) is 13.2 Å². The number of morpholine rings is 1. The lowest BCUT2D eigenvalue weighted by molar-refractivity contribution is 0.0150. The minimum absolute atomic E-state index is 0.587. The van der Waals surface area contributed by atoms with Crippen LogP contribution in [0, 0.1) is 0 Å². The van der Waals surface area contributed by atoms with Crippen LogP contribution < -0.4 is 0 Å². The van der Waals surface area contributed by atoms with Crippen LogP contribution in [-0.4, -0.2) is 48.8 Å². The number of rotatable bonds is 3. The number of hydrogen-bond donors (Lipinski definition) is 0. The zero-order valence-corrected chi connectivity index (χ0v) is 8.53. The van der Waals surface area contributed by atoms with E-state index in [0.717, 1.165) is 26.3 Å². The lowest BCUT2D eigenvalue weighted by Gasteiger charge is -2.34. The van der Waals surface area contributed by atoms with Crippen LogP contribution in [0.4, 0.5) is 0 Å². The fourth-order valence-corrected chi connectivity index (χ4v) is 3.01. The van der Waals surface area contributed by atoms with E-state index in [4.69, 9.17) is 4.74 Å². The van der Waals surface area contributed by atoms with Crippen molar-refractivity contribution in [1.29, 1.82) is 0 Å². The average molecular weight is 187 g/mol. The SMILES string of the molecule is CSCC1(N2CCOCC2)CC1. The van der Waals surface area contributed by atoms with E-state index in [1.807, 2.05) is 11.8 Å². The maximum Gasteiger partial charge on any atom is 0.0594 e. The maximum atomic E-state index is 5.35. The maximum absolute atomic E-state index is 5.35. The molecule has 1 aliphatic heterocycles. The smallest absolute Gasteiger partial charge is 0.0594 e. The lowest BCUT2D eigenvalue weighted by Crippen LogP contribution is -2.46. The van der Waals surface area contributed by atoms with Gasteiger partial charge in [0.1, 0.15) is 0 Å². The molecule has 0 aromatic heterocycles. The minimum Gasteiger partial charge on any atom is -0.379 e. The van der Waals surface area contributed by atoms with Crippen LogP contribution in [0.1, 0.15) is 12.8 Å². The van der Waals surface area contributed by atoms with Crippen molar-refractivity contribution in [2.75, 3.05) is 38.3 Å². The first-order valence-corrected chi connectivity index (χ1v) is 6.08. The Balaban J connectivity index is 1.88. The Kier molecular flexibility index (Phi) is 2.63. The van der Waals surface area contributed by atoms with Gasteiger partial charge < -0.3 is 4.74 Å². The Morgan fingerprint density at radius 2 is 2.00 bits per heavy atom. The predicted octanol–water partition coefficient (Wildman–Crippen LogP) is 1.21. The first-order chi connectivity index (χ1) is 5.87. The molecule has 0 atom stereocenters. The highest BCUT2D eigenvalue weighted by atomic mass is 32.2. The van der Waals surface area contributed by atoms with Crippen molar-refractivity contribution in [2.45, 2.75) is 18.4 Å². The van der Waals surface area contributed by atoms with Crippen molar-refractivity contribution in [3.05, 3.63) is 0 Å². The molecular weight excluding hydrogens is 170 g/mol. The second-order valence-corrected chi connectivity index (χ2v) is 4.62. The molecule has 2 fully saturated rings. The van der Waals surface area contributed by atoms with Crippen LogP contribution in [0.5, 0.6) is 0 Å². The largest absolute Gasteiger partial charge is 0.379 e. The molecule has 1 saturated heterocycles. The summed E-state index contributed by atoms with van der Waals surface area (Å²) in [6.07, 6.45) is 5.03. The summed E-state index contributed by atoms with van der Waals surface area (Å²) in [7, 11) is 0. The molecule has 0 N–H and O–H groups in total. The zero-order valence-electron chi connectivity index (χ0n) is 7.71. The molecule has 12 heavy (non-hydrogen) atoms. The minimum atomic E-state index is 0.587. The molecule has 0 amide bonds. The zero-order chi connectivity index (χ0) is 8.44. The molecule has 2 aliphatic rings. The molecule has 0 spiro atoms. The van der Waals surface area contributed by atoms with Crippen molar-refractivity contribution in [3.63, 3.8) is 0 Å². The highest BCUT2D eigenvalue weighted by Gasteiger charge is 2.47. The highest BCUT2D eigenvalue weighted by molar-refractivity contribution is 7.98. The third kappa shape index (κ3) is 1.63. The normalized spacial score (nSPS) is 28.8. The van der Waals surface area contributed by atoms with E-state index in [0.29, 0.717) is 5.54 Å². The molecule has 0 bridgehead atoms. The summed E-state index contributed by atoms with van der Waals surface area (Å²) in [6.45, 7) is 4.19. The van der Waals surface area contributed by atoms with Crippen LogP contribution in [-0.2, 0) is 4.74 Å². The van der Waals surface area contributed by atoms with E-state index in [1.165, 1.54) is 18.6 Å². The Labute approximate surface area is 78.6 Å². The van der Waals surface area contributed by atoms with Crippen molar-refractivity contribution in [2.24, 2.45) is 0 Å². The quantitative estimate of drug-likeness (QED) is 0.659. The molecule has 1 heterocycles. The standard InChI is InChI=1S/C9H17NOS/c1-12-8-9(2-3-9)10-4-6-11-7-5-10/h2-8H2,1H3. The third-order valence-corrected chi connectivity index (χ3v) is 3.75. The van der Waals surface area contributed by atoms with Crippen LogP contribution in [0.3, 0.4) is 0 Å². The van der Waals surface area contributed by atoms with Crippen molar-refractivity contribution < 1.29 is 4.74 Å². The van der Waals surface area contributed by atoms with Crippen molar-refractivity contribution in [1.82, 2.24) is 4.90 Å². The number of thioether (sulfide) groups is 1. The van der Waals surface area contributed by atoms with E-state index in [1.54, 1.807) is 0 Å². The van der Waals surface area contributed by atoms with Crippen LogP contribution in [0.2, 0.25) is 0 Å². The van der Waals surface area contributed by atoms with Gasteiger partial charge in [-0.1, -0.05) is 0 Å². The summed E-state index contributed by atoms with van der Waals surface area (Å²) in [4.78, 5) is 2.63. The molecule has 3 heteroatoms. The van der Waals surface area contributed by atoms with E-state index in [9.17, 15) is 0 Å². The van der Waals surface area contributed by atoms with Crippen LogP contribution in [0.15, 0.2) is 0 Å². The van der Waals surface area contributed by atoms with Gasteiger partial charge in [0, 0.05) is 24.4 Å². The van der Waals surface area contributed by atoms with Gasteiger partial charge in [0.2, 0.25) is 0 Å². The van der Waals surface area contributed by atoms with E-state index in [-0.39, 0.29) is 0 Å². The fourth-order valence-electron chi connectivity index (χ4n) is 2.00. The molecule has 1 aliphatic carbocycles. The molecule has 1 saturated carbocycles. The summed E-state index contributed by atoms with van der Waals surface area (Å²) in [6, 6.07) is 0. The van der Waals surface area contributed by atoms with Gasteiger partial charge in [0.25, 0.3) is 0 Å². The topological polar surface area (TPSA) is 12.5 Å². The van der Waals surface area contributed by atoms with Gasteiger partial charge in [-0.2, -0.15) is 11.8 Å². The first kappa shape index (κ1) is 8.85. The Bertz CT molecular complexity index is 153. The Morgan fingerprint density at radius 3 is 2.50 bits per heavy atom. The van der Waals surface area contributed by atoms with Gasteiger partial charge in [-0.15, -0.1) is 0 Å². The molecule has 0 aromatic carbocycles. The van der Waals surface area contributed by atoms with Crippen molar-refractivity contribution in [3.8, 4) is 0 Å². The van der Waals surface area contributed by atoms with Crippen LogP contribution >= 0.6 is 11.8 Å². The average Bonchev–Trinajstić information content (AvgIpc) is 2.88.